The number of benzene rings is 2. The van der Waals surface area contributed by atoms with Crippen LogP contribution in [0.2, 0.25) is 0 Å². The lowest BCUT2D eigenvalue weighted by Crippen LogP contribution is -2.23. The second-order valence-electron chi connectivity index (χ2n) is 5.29. The highest BCUT2D eigenvalue weighted by molar-refractivity contribution is 9.10. The number of anilines is 1. The molecule has 2 aromatic rings. The summed E-state index contributed by atoms with van der Waals surface area (Å²) in [6, 6.07) is 14.4. The number of fused-ring (bicyclic) bond motifs is 1. The second kappa shape index (κ2) is 5.88. The molecular weight excluding hydrogens is 314 g/mol. The van der Waals surface area contributed by atoms with Gasteiger partial charge < -0.3 is 10.0 Å². The number of phenols is 1. The van der Waals surface area contributed by atoms with E-state index in [1.807, 2.05) is 12.1 Å². The lowest BCUT2D eigenvalue weighted by atomic mass is 10.1. The topological polar surface area (TPSA) is 23.5 Å². The smallest absolute Gasteiger partial charge is 0.129 e. The van der Waals surface area contributed by atoms with E-state index in [2.05, 4.69) is 45.1 Å². The molecule has 0 atom stereocenters. The van der Waals surface area contributed by atoms with E-state index in [1.165, 1.54) is 36.1 Å². The number of phenolic OH excluding ortho intramolecular Hbond substituents is 1. The van der Waals surface area contributed by atoms with Gasteiger partial charge in [0.05, 0.1) is 4.47 Å². The molecule has 0 saturated carbocycles. The molecule has 0 fully saturated rings. The van der Waals surface area contributed by atoms with Crippen LogP contribution in [-0.2, 0) is 13.0 Å². The molecule has 2 nitrogen and oxygen atoms in total. The van der Waals surface area contributed by atoms with Gasteiger partial charge in [-0.1, -0.05) is 24.3 Å². The first-order valence-corrected chi connectivity index (χ1v) is 7.83. The van der Waals surface area contributed by atoms with E-state index < -0.39 is 0 Å². The third-order valence-corrected chi connectivity index (χ3v) is 4.48. The fourth-order valence-corrected chi connectivity index (χ4v) is 3.23. The van der Waals surface area contributed by atoms with Crippen molar-refractivity contribution in [3.63, 3.8) is 0 Å². The van der Waals surface area contributed by atoms with Crippen LogP contribution in [0.3, 0.4) is 0 Å². The van der Waals surface area contributed by atoms with E-state index in [9.17, 15) is 5.11 Å². The van der Waals surface area contributed by atoms with Gasteiger partial charge >= 0.3 is 0 Å². The van der Waals surface area contributed by atoms with E-state index in [4.69, 9.17) is 0 Å². The number of rotatable bonds is 2. The molecule has 0 bridgehead atoms. The highest BCUT2D eigenvalue weighted by atomic mass is 79.9. The molecule has 3 heteroatoms. The van der Waals surface area contributed by atoms with Crippen molar-refractivity contribution in [2.24, 2.45) is 0 Å². The molecule has 0 spiro atoms. The van der Waals surface area contributed by atoms with Gasteiger partial charge in [0.15, 0.2) is 0 Å². The zero-order chi connectivity index (χ0) is 13.9. The molecule has 1 aliphatic heterocycles. The van der Waals surface area contributed by atoms with Crippen LogP contribution in [0.4, 0.5) is 5.69 Å². The van der Waals surface area contributed by atoms with Crippen molar-refractivity contribution < 1.29 is 5.11 Å². The van der Waals surface area contributed by atoms with Crippen molar-refractivity contribution in [2.75, 3.05) is 11.4 Å². The average molecular weight is 332 g/mol. The quantitative estimate of drug-likeness (QED) is 0.875. The van der Waals surface area contributed by atoms with Crippen LogP contribution in [0, 0.1) is 0 Å². The van der Waals surface area contributed by atoms with Crippen LogP contribution in [0.15, 0.2) is 46.9 Å². The van der Waals surface area contributed by atoms with Gasteiger partial charge in [-0.15, -0.1) is 0 Å². The summed E-state index contributed by atoms with van der Waals surface area (Å²) >= 11 is 3.39. The van der Waals surface area contributed by atoms with Crippen LogP contribution in [0.1, 0.15) is 24.0 Å². The Labute approximate surface area is 128 Å². The summed E-state index contributed by atoms with van der Waals surface area (Å²) in [5.74, 6) is 0.296. The Morgan fingerprint density at radius 2 is 1.95 bits per heavy atom. The third kappa shape index (κ3) is 2.83. The summed E-state index contributed by atoms with van der Waals surface area (Å²) in [5, 5.41) is 9.59. The molecule has 104 valence electrons. The highest BCUT2D eigenvalue weighted by Gasteiger charge is 2.15. The van der Waals surface area contributed by atoms with Crippen molar-refractivity contribution in [1.29, 1.82) is 0 Å². The van der Waals surface area contributed by atoms with Gasteiger partial charge in [-0.3, -0.25) is 0 Å². The van der Waals surface area contributed by atoms with Gasteiger partial charge in [0.1, 0.15) is 5.75 Å². The summed E-state index contributed by atoms with van der Waals surface area (Å²) in [7, 11) is 0. The molecule has 1 aliphatic rings. The largest absolute Gasteiger partial charge is 0.507 e. The molecule has 0 amide bonds. The SMILES string of the molecule is Oc1ccc(CN2CCCCc3ccccc32)cc1Br. The van der Waals surface area contributed by atoms with Crippen LogP contribution in [-0.4, -0.2) is 11.7 Å². The number of aromatic hydroxyl groups is 1. The Kier molecular flexibility index (Phi) is 3.97. The first-order chi connectivity index (χ1) is 9.74. The van der Waals surface area contributed by atoms with Crippen molar-refractivity contribution in [3.05, 3.63) is 58.1 Å². The summed E-state index contributed by atoms with van der Waals surface area (Å²) in [6.45, 7) is 1.98. The van der Waals surface area contributed by atoms with Crippen LogP contribution in [0.5, 0.6) is 5.75 Å². The summed E-state index contributed by atoms with van der Waals surface area (Å²) in [5.41, 5.74) is 4.02. The molecule has 1 N–H and O–H groups in total. The number of nitrogens with zero attached hydrogens (tertiary/aromatic N) is 1. The van der Waals surface area contributed by atoms with E-state index in [-0.39, 0.29) is 0 Å². The fraction of sp³-hybridized carbons (Fsp3) is 0.294. The lowest BCUT2D eigenvalue weighted by Gasteiger charge is -2.25. The lowest BCUT2D eigenvalue weighted by molar-refractivity contribution is 0.471. The van der Waals surface area contributed by atoms with Gasteiger partial charge in [0.2, 0.25) is 0 Å². The van der Waals surface area contributed by atoms with Gasteiger partial charge in [0.25, 0.3) is 0 Å². The summed E-state index contributed by atoms with van der Waals surface area (Å²) in [6.07, 6.45) is 3.66. The van der Waals surface area contributed by atoms with E-state index in [0.29, 0.717) is 5.75 Å². The maximum absolute atomic E-state index is 9.59. The molecule has 0 aliphatic carbocycles. The molecule has 0 radical (unpaired) electrons. The minimum absolute atomic E-state index is 0.296. The van der Waals surface area contributed by atoms with Crippen molar-refractivity contribution in [1.82, 2.24) is 0 Å². The second-order valence-corrected chi connectivity index (χ2v) is 6.15. The molecule has 0 saturated heterocycles. The maximum Gasteiger partial charge on any atom is 0.129 e. The number of hydrogen-bond donors (Lipinski definition) is 1. The molecule has 2 aromatic carbocycles. The minimum atomic E-state index is 0.296. The normalized spacial score (nSPS) is 14.8. The Hall–Kier alpha value is -1.48. The van der Waals surface area contributed by atoms with Crippen molar-refractivity contribution >= 4 is 21.6 Å². The fourth-order valence-electron chi connectivity index (χ4n) is 2.80. The Morgan fingerprint density at radius 1 is 1.10 bits per heavy atom. The molecule has 20 heavy (non-hydrogen) atoms. The van der Waals surface area contributed by atoms with E-state index in [1.54, 1.807) is 6.07 Å². The average Bonchev–Trinajstić information content (AvgIpc) is 2.66. The predicted molar refractivity (Wildman–Crippen MR) is 86.2 cm³/mol. The van der Waals surface area contributed by atoms with Gasteiger partial charge in [0, 0.05) is 18.8 Å². The van der Waals surface area contributed by atoms with E-state index in [0.717, 1.165) is 17.6 Å². The van der Waals surface area contributed by atoms with Crippen LogP contribution < -0.4 is 4.90 Å². The van der Waals surface area contributed by atoms with Gasteiger partial charge in [-0.05, 0) is 64.5 Å². The summed E-state index contributed by atoms with van der Waals surface area (Å²) < 4.78 is 0.762. The zero-order valence-corrected chi connectivity index (χ0v) is 12.9. The zero-order valence-electron chi connectivity index (χ0n) is 11.3. The Morgan fingerprint density at radius 3 is 2.80 bits per heavy atom. The molecule has 0 unspecified atom stereocenters. The number of halogens is 1. The maximum atomic E-state index is 9.59. The summed E-state index contributed by atoms with van der Waals surface area (Å²) in [4.78, 5) is 2.45. The Balaban J connectivity index is 1.88. The van der Waals surface area contributed by atoms with Crippen LogP contribution in [0.25, 0.3) is 0 Å². The number of hydrogen-bond acceptors (Lipinski definition) is 2. The van der Waals surface area contributed by atoms with E-state index >= 15 is 0 Å². The molecular formula is C17H18BrNO. The van der Waals surface area contributed by atoms with Gasteiger partial charge in [-0.2, -0.15) is 0 Å². The first-order valence-electron chi connectivity index (χ1n) is 7.04. The molecule has 1 heterocycles. The van der Waals surface area contributed by atoms with Crippen LogP contribution >= 0.6 is 15.9 Å². The van der Waals surface area contributed by atoms with Gasteiger partial charge in [-0.25, -0.2) is 0 Å². The highest BCUT2D eigenvalue weighted by Crippen LogP contribution is 2.29. The Bertz CT molecular complexity index is 612. The number of aryl methyl sites for hydroxylation is 1. The molecule has 3 rings (SSSR count). The predicted octanol–water partition coefficient (Wildman–Crippen LogP) is 4.50. The third-order valence-electron chi connectivity index (χ3n) is 3.84. The standard InChI is InChI=1S/C17H18BrNO/c18-15-11-13(8-9-17(15)20)12-19-10-4-3-6-14-5-1-2-7-16(14)19/h1-2,5,7-9,11,20H,3-4,6,10,12H2. The number of para-hydroxylation sites is 1. The first kappa shape index (κ1) is 13.5. The monoisotopic (exact) mass is 331 g/mol. The molecule has 0 aromatic heterocycles. The van der Waals surface area contributed by atoms with Crippen molar-refractivity contribution in [3.8, 4) is 5.75 Å². The minimum Gasteiger partial charge on any atom is -0.507 e. The van der Waals surface area contributed by atoms with Crippen molar-refractivity contribution in [2.45, 2.75) is 25.8 Å².